The molecule has 0 spiro atoms. The van der Waals surface area contributed by atoms with Gasteiger partial charge in [-0.3, -0.25) is 0 Å². The maximum Gasteiger partial charge on any atom is 0.240 e. The summed E-state index contributed by atoms with van der Waals surface area (Å²) in [6.07, 6.45) is 0. The first-order valence-corrected chi connectivity index (χ1v) is 7.66. The van der Waals surface area contributed by atoms with Gasteiger partial charge in [0.15, 0.2) is 0 Å². The lowest BCUT2D eigenvalue weighted by atomic mass is 10.3. The largest absolute Gasteiger partial charge is 0.457 e. The number of primary sulfonamides is 1. The number of benzene rings is 2. The quantitative estimate of drug-likeness (QED) is 0.822. The van der Waals surface area contributed by atoms with Gasteiger partial charge < -0.3 is 10.5 Å². The van der Waals surface area contributed by atoms with Crippen molar-refractivity contribution in [2.24, 2.45) is 5.14 Å². The predicted octanol–water partition coefficient (Wildman–Crippen LogP) is 2.61. The van der Waals surface area contributed by atoms with Crippen molar-refractivity contribution in [2.75, 3.05) is 5.73 Å². The molecule has 0 saturated heterocycles. The van der Waals surface area contributed by atoms with Crippen molar-refractivity contribution in [3.63, 3.8) is 0 Å². The summed E-state index contributed by atoms with van der Waals surface area (Å²) in [4.78, 5) is -0.176. The minimum Gasteiger partial charge on any atom is -0.457 e. The molecule has 0 amide bonds. The normalized spacial score (nSPS) is 11.3. The van der Waals surface area contributed by atoms with Crippen LogP contribution in [0.2, 0.25) is 0 Å². The second-order valence-corrected chi connectivity index (χ2v) is 6.31. The topological polar surface area (TPSA) is 95.4 Å². The van der Waals surface area contributed by atoms with Crippen LogP contribution in [0.3, 0.4) is 0 Å². The number of rotatable bonds is 3. The third-order valence-electron chi connectivity index (χ3n) is 2.41. The van der Waals surface area contributed by atoms with Crippen LogP contribution in [0.1, 0.15) is 0 Å². The molecule has 0 fully saturated rings. The van der Waals surface area contributed by atoms with Gasteiger partial charge in [-0.15, -0.1) is 0 Å². The molecule has 2 aromatic rings. The van der Waals surface area contributed by atoms with Crippen molar-refractivity contribution in [1.82, 2.24) is 0 Å². The highest BCUT2D eigenvalue weighted by molar-refractivity contribution is 9.10. The molecular formula is C12H10BrFN2O3S. The Balaban J connectivity index is 2.31. The lowest BCUT2D eigenvalue weighted by molar-refractivity contribution is 0.479. The first-order valence-electron chi connectivity index (χ1n) is 5.32. The van der Waals surface area contributed by atoms with E-state index in [-0.39, 0.29) is 15.1 Å². The molecule has 0 aliphatic carbocycles. The van der Waals surface area contributed by atoms with Gasteiger partial charge in [0.25, 0.3) is 0 Å². The van der Waals surface area contributed by atoms with Crippen LogP contribution >= 0.6 is 15.9 Å². The summed E-state index contributed by atoms with van der Waals surface area (Å²) >= 11 is 3.04. The first-order chi connectivity index (χ1) is 9.27. The maximum absolute atomic E-state index is 13.1. The van der Waals surface area contributed by atoms with Gasteiger partial charge >= 0.3 is 0 Å². The number of sulfonamides is 1. The van der Waals surface area contributed by atoms with Gasteiger partial charge in [0.05, 0.1) is 10.2 Å². The van der Waals surface area contributed by atoms with Crippen molar-refractivity contribution >= 4 is 31.6 Å². The van der Waals surface area contributed by atoms with Crippen LogP contribution in [-0.4, -0.2) is 8.42 Å². The number of anilines is 1. The zero-order valence-electron chi connectivity index (χ0n) is 10.0. The van der Waals surface area contributed by atoms with Crippen molar-refractivity contribution < 1.29 is 17.5 Å². The van der Waals surface area contributed by atoms with Crippen molar-refractivity contribution in [3.05, 3.63) is 46.7 Å². The van der Waals surface area contributed by atoms with E-state index in [1.807, 2.05) is 0 Å². The van der Waals surface area contributed by atoms with E-state index in [1.165, 1.54) is 36.4 Å². The Labute approximate surface area is 123 Å². The fraction of sp³-hybridized carbons (Fsp3) is 0. The lowest BCUT2D eigenvalue weighted by Gasteiger charge is -2.09. The van der Waals surface area contributed by atoms with Gasteiger partial charge in [0.2, 0.25) is 10.0 Å². The second-order valence-electron chi connectivity index (χ2n) is 3.92. The van der Waals surface area contributed by atoms with E-state index in [0.29, 0.717) is 11.5 Å². The Morgan fingerprint density at radius 1 is 1.10 bits per heavy atom. The third-order valence-corrected chi connectivity index (χ3v) is 4.01. The average molecular weight is 361 g/mol. The molecule has 2 aromatic carbocycles. The zero-order chi connectivity index (χ0) is 14.9. The Morgan fingerprint density at radius 2 is 1.70 bits per heavy atom. The second kappa shape index (κ2) is 5.39. The standard InChI is InChI=1S/C12H10BrFN2O3S/c13-9-5-7(1-3-10(9)14)19-8-2-4-12(11(15)6-8)20(16,17)18/h1-6H,15H2,(H2,16,17,18). The number of hydrogen-bond acceptors (Lipinski definition) is 4. The van der Waals surface area contributed by atoms with Crippen LogP contribution in [-0.2, 0) is 10.0 Å². The van der Waals surface area contributed by atoms with E-state index in [0.717, 1.165) is 0 Å². The average Bonchev–Trinajstić information content (AvgIpc) is 2.32. The van der Waals surface area contributed by atoms with Crippen LogP contribution in [0, 0.1) is 5.82 Å². The Kier molecular flexibility index (Phi) is 3.98. The van der Waals surface area contributed by atoms with Crippen molar-refractivity contribution in [1.29, 1.82) is 0 Å². The molecule has 2 rings (SSSR count). The molecule has 0 unspecified atom stereocenters. The highest BCUT2D eigenvalue weighted by atomic mass is 79.9. The molecule has 0 aliphatic heterocycles. The molecule has 0 aromatic heterocycles. The summed E-state index contributed by atoms with van der Waals surface area (Å²) in [6, 6.07) is 8.10. The van der Waals surface area contributed by atoms with Gasteiger partial charge in [-0.1, -0.05) is 0 Å². The van der Waals surface area contributed by atoms with E-state index >= 15 is 0 Å². The molecule has 0 bridgehead atoms. The smallest absolute Gasteiger partial charge is 0.240 e. The summed E-state index contributed by atoms with van der Waals surface area (Å²) in [6.45, 7) is 0. The van der Waals surface area contributed by atoms with E-state index in [2.05, 4.69) is 15.9 Å². The molecule has 0 radical (unpaired) electrons. The van der Waals surface area contributed by atoms with Crippen LogP contribution in [0.5, 0.6) is 11.5 Å². The summed E-state index contributed by atoms with van der Waals surface area (Å²) in [5.41, 5.74) is 5.58. The van der Waals surface area contributed by atoms with E-state index in [9.17, 15) is 12.8 Å². The van der Waals surface area contributed by atoms with Gasteiger partial charge in [-0.05, 0) is 46.3 Å². The number of ether oxygens (including phenoxy) is 1. The molecule has 0 saturated carbocycles. The number of halogens is 2. The van der Waals surface area contributed by atoms with E-state index in [4.69, 9.17) is 15.6 Å². The first kappa shape index (κ1) is 14.8. The van der Waals surface area contributed by atoms with E-state index in [1.54, 1.807) is 0 Å². The van der Waals surface area contributed by atoms with Crippen LogP contribution < -0.4 is 15.6 Å². The number of hydrogen-bond donors (Lipinski definition) is 2. The zero-order valence-corrected chi connectivity index (χ0v) is 12.4. The number of nitrogens with two attached hydrogens (primary N) is 2. The summed E-state index contributed by atoms with van der Waals surface area (Å²) in [7, 11) is -3.87. The van der Waals surface area contributed by atoms with E-state index < -0.39 is 15.8 Å². The van der Waals surface area contributed by atoms with Gasteiger partial charge in [-0.2, -0.15) is 0 Å². The molecule has 8 heteroatoms. The van der Waals surface area contributed by atoms with Crippen molar-refractivity contribution in [3.8, 4) is 11.5 Å². The predicted molar refractivity (Wildman–Crippen MR) is 76.4 cm³/mol. The monoisotopic (exact) mass is 360 g/mol. The Bertz CT molecular complexity index is 765. The van der Waals surface area contributed by atoms with Gasteiger partial charge in [0, 0.05) is 6.07 Å². The summed E-state index contributed by atoms with van der Waals surface area (Å²) in [5, 5.41) is 5.00. The fourth-order valence-electron chi connectivity index (χ4n) is 1.53. The molecule has 4 N–H and O–H groups in total. The molecule has 20 heavy (non-hydrogen) atoms. The minimum absolute atomic E-state index is 0.0221. The molecule has 0 atom stereocenters. The third kappa shape index (κ3) is 3.27. The minimum atomic E-state index is -3.87. The Hall–Kier alpha value is -1.64. The van der Waals surface area contributed by atoms with Gasteiger partial charge in [-0.25, -0.2) is 17.9 Å². The molecule has 0 heterocycles. The molecular weight excluding hydrogens is 351 g/mol. The summed E-state index contributed by atoms with van der Waals surface area (Å²) in [5.74, 6) is 0.274. The molecule has 106 valence electrons. The SMILES string of the molecule is Nc1cc(Oc2ccc(F)c(Br)c2)ccc1S(N)(=O)=O. The lowest BCUT2D eigenvalue weighted by Crippen LogP contribution is -2.14. The molecule has 0 aliphatic rings. The van der Waals surface area contributed by atoms with Crippen LogP contribution in [0.25, 0.3) is 0 Å². The highest BCUT2D eigenvalue weighted by Gasteiger charge is 2.13. The van der Waals surface area contributed by atoms with Gasteiger partial charge in [0.1, 0.15) is 22.2 Å². The van der Waals surface area contributed by atoms with Crippen LogP contribution in [0.15, 0.2) is 45.8 Å². The summed E-state index contributed by atoms with van der Waals surface area (Å²) < 4.78 is 41.2. The Morgan fingerprint density at radius 3 is 2.25 bits per heavy atom. The number of nitrogen functional groups attached to an aromatic ring is 1. The molecule has 5 nitrogen and oxygen atoms in total. The fourth-order valence-corrected chi connectivity index (χ4v) is 2.53. The highest BCUT2D eigenvalue weighted by Crippen LogP contribution is 2.29. The maximum atomic E-state index is 13.1. The van der Waals surface area contributed by atoms with Crippen molar-refractivity contribution in [2.45, 2.75) is 4.90 Å². The van der Waals surface area contributed by atoms with Crippen LogP contribution in [0.4, 0.5) is 10.1 Å².